The highest BCUT2D eigenvalue weighted by Crippen LogP contribution is 2.31. The average molecular weight is 349 g/mol. The first-order valence-corrected chi connectivity index (χ1v) is 8.94. The van der Waals surface area contributed by atoms with Gasteiger partial charge in [0.2, 0.25) is 10.1 Å². The molecule has 1 saturated carbocycles. The fourth-order valence-electron chi connectivity index (χ4n) is 3.00. The van der Waals surface area contributed by atoms with Crippen molar-refractivity contribution < 1.29 is 5.11 Å². The lowest BCUT2D eigenvalue weighted by Crippen LogP contribution is -2.28. The van der Waals surface area contributed by atoms with Crippen LogP contribution in [-0.2, 0) is 0 Å². The number of aliphatic hydroxyl groups is 1. The zero-order chi connectivity index (χ0) is 15.8. The third-order valence-corrected chi connectivity index (χ3v) is 5.44. The van der Waals surface area contributed by atoms with Crippen LogP contribution in [0.4, 0.5) is 5.13 Å². The number of aromatic nitrogens is 3. The van der Waals surface area contributed by atoms with Crippen LogP contribution in [0, 0.1) is 0 Å². The van der Waals surface area contributed by atoms with Gasteiger partial charge in [-0.3, -0.25) is 0 Å². The van der Waals surface area contributed by atoms with E-state index in [0.717, 1.165) is 47.0 Å². The second-order valence-electron chi connectivity index (χ2n) is 5.87. The number of fused-ring (bicyclic) bond motifs is 1. The van der Waals surface area contributed by atoms with Crippen LogP contribution >= 0.6 is 22.9 Å². The van der Waals surface area contributed by atoms with Crippen molar-refractivity contribution in [1.29, 1.82) is 0 Å². The van der Waals surface area contributed by atoms with Crippen LogP contribution in [0.1, 0.15) is 25.7 Å². The van der Waals surface area contributed by atoms with Crippen molar-refractivity contribution in [2.24, 2.45) is 0 Å². The number of nitrogens with one attached hydrogen (secondary N) is 1. The summed E-state index contributed by atoms with van der Waals surface area (Å²) in [6.45, 7) is 0. The molecular weight excluding hydrogens is 332 g/mol. The van der Waals surface area contributed by atoms with Crippen molar-refractivity contribution in [2.75, 3.05) is 5.32 Å². The van der Waals surface area contributed by atoms with Crippen LogP contribution in [0.2, 0.25) is 5.02 Å². The van der Waals surface area contributed by atoms with Crippen LogP contribution in [-0.4, -0.2) is 31.9 Å². The van der Waals surface area contributed by atoms with Gasteiger partial charge in [0, 0.05) is 11.6 Å². The average Bonchev–Trinajstić information content (AvgIpc) is 3.10. The summed E-state index contributed by atoms with van der Waals surface area (Å²) < 4.78 is 1.84. The second-order valence-corrected chi connectivity index (χ2v) is 7.24. The molecule has 1 aromatic carbocycles. The van der Waals surface area contributed by atoms with Crippen LogP contribution < -0.4 is 5.32 Å². The highest BCUT2D eigenvalue weighted by molar-refractivity contribution is 7.20. The van der Waals surface area contributed by atoms with Crippen molar-refractivity contribution in [1.82, 2.24) is 14.6 Å². The van der Waals surface area contributed by atoms with Gasteiger partial charge in [0.25, 0.3) is 0 Å². The normalized spacial score (nSPS) is 21.7. The maximum atomic E-state index is 9.60. The highest BCUT2D eigenvalue weighted by Gasteiger charge is 2.21. The Kier molecular flexibility index (Phi) is 3.97. The number of nitrogens with zero attached hydrogens (tertiary/aromatic N) is 3. The molecular formula is C16H17ClN4OS. The molecule has 120 valence electrons. The van der Waals surface area contributed by atoms with Gasteiger partial charge in [-0.2, -0.15) is 0 Å². The van der Waals surface area contributed by atoms with Gasteiger partial charge in [0.1, 0.15) is 0 Å². The number of rotatable bonds is 3. The van der Waals surface area contributed by atoms with Gasteiger partial charge in [0.05, 0.1) is 23.0 Å². The molecule has 2 N–H and O–H groups in total. The molecule has 7 heteroatoms. The molecule has 1 fully saturated rings. The van der Waals surface area contributed by atoms with Gasteiger partial charge in [0.15, 0.2) is 0 Å². The van der Waals surface area contributed by atoms with Crippen LogP contribution in [0.15, 0.2) is 30.5 Å². The van der Waals surface area contributed by atoms with E-state index in [0.29, 0.717) is 11.1 Å². The van der Waals surface area contributed by atoms with E-state index in [1.807, 2.05) is 28.8 Å². The topological polar surface area (TPSA) is 62.5 Å². The first-order valence-electron chi connectivity index (χ1n) is 7.75. The Balaban J connectivity index is 1.61. The second kappa shape index (κ2) is 6.11. The van der Waals surface area contributed by atoms with E-state index in [2.05, 4.69) is 15.4 Å². The molecule has 0 saturated heterocycles. The third-order valence-electron chi connectivity index (χ3n) is 4.26. The van der Waals surface area contributed by atoms with E-state index in [1.165, 1.54) is 11.3 Å². The Morgan fingerprint density at radius 1 is 1.22 bits per heavy atom. The molecule has 3 aromatic rings. The quantitative estimate of drug-likeness (QED) is 0.755. The number of halogens is 1. The summed E-state index contributed by atoms with van der Waals surface area (Å²) in [5, 5.41) is 19.3. The maximum absolute atomic E-state index is 9.60. The molecule has 0 radical (unpaired) electrons. The number of hydrogen-bond donors (Lipinski definition) is 2. The lowest BCUT2D eigenvalue weighted by atomic mass is 9.93. The lowest BCUT2D eigenvalue weighted by Gasteiger charge is -2.25. The van der Waals surface area contributed by atoms with Gasteiger partial charge in [-0.15, -0.1) is 5.10 Å². The molecule has 1 aliphatic carbocycles. The predicted octanol–water partition coefficient (Wildman–Crippen LogP) is 3.83. The molecule has 0 aliphatic heterocycles. The Morgan fingerprint density at radius 2 is 2.00 bits per heavy atom. The predicted molar refractivity (Wildman–Crippen MR) is 93.2 cm³/mol. The van der Waals surface area contributed by atoms with Crippen molar-refractivity contribution in [2.45, 2.75) is 37.8 Å². The third kappa shape index (κ3) is 2.94. The summed E-state index contributed by atoms with van der Waals surface area (Å²) in [6.07, 6.45) is 5.31. The number of aliphatic hydroxyl groups excluding tert-OH is 1. The first-order chi connectivity index (χ1) is 11.2. The first kappa shape index (κ1) is 14.9. The van der Waals surface area contributed by atoms with Crippen LogP contribution in [0.5, 0.6) is 0 Å². The smallest absolute Gasteiger partial charge is 0.214 e. The summed E-state index contributed by atoms with van der Waals surface area (Å²) in [7, 11) is 0. The van der Waals surface area contributed by atoms with Gasteiger partial charge >= 0.3 is 0 Å². The number of benzene rings is 1. The molecule has 0 bridgehead atoms. The van der Waals surface area contributed by atoms with E-state index >= 15 is 0 Å². The molecule has 4 rings (SSSR count). The minimum atomic E-state index is -0.145. The molecule has 5 nitrogen and oxygen atoms in total. The number of anilines is 1. The monoisotopic (exact) mass is 348 g/mol. The molecule has 0 amide bonds. The van der Waals surface area contributed by atoms with Crippen molar-refractivity contribution in [3.05, 3.63) is 35.5 Å². The maximum Gasteiger partial charge on any atom is 0.214 e. The summed E-state index contributed by atoms with van der Waals surface area (Å²) in [5.74, 6) is 0. The van der Waals surface area contributed by atoms with Crippen molar-refractivity contribution in [3.8, 4) is 11.3 Å². The van der Waals surface area contributed by atoms with E-state index in [9.17, 15) is 5.11 Å². The molecule has 2 aromatic heterocycles. The molecule has 1 aliphatic rings. The lowest BCUT2D eigenvalue weighted by molar-refractivity contribution is 0.126. The Morgan fingerprint density at radius 3 is 2.78 bits per heavy atom. The molecule has 23 heavy (non-hydrogen) atoms. The summed E-state index contributed by atoms with van der Waals surface area (Å²) in [6, 6.07) is 8.09. The number of imidazole rings is 1. The SMILES string of the molecule is OC1CCC(Nc2nn3c(-c4ccccc4Cl)cnc3s2)CC1. The van der Waals surface area contributed by atoms with E-state index in [1.54, 1.807) is 6.20 Å². The molecule has 0 atom stereocenters. The standard InChI is InChI=1S/C16H17ClN4OS/c17-13-4-2-1-3-12(13)14-9-18-16-21(14)20-15(23-16)19-10-5-7-11(22)8-6-10/h1-4,9-11,22H,5-8H2,(H,19,20). The van der Waals surface area contributed by atoms with Gasteiger partial charge in [-0.25, -0.2) is 9.50 Å². The van der Waals surface area contributed by atoms with E-state index < -0.39 is 0 Å². The molecule has 2 heterocycles. The largest absolute Gasteiger partial charge is 0.393 e. The number of hydrogen-bond acceptors (Lipinski definition) is 5. The fourth-order valence-corrected chi connectivity index (χ4v) is 4.08. The minimum Gasteiger partial charge on any atom is -0.393 e. The fraction of sp³-hybridized carbons (Fsp3) is 0.375. The van der Waals surface area contributed by atoms with Gasteiger partial charge in [-0.1, -0.05) is 41.1 Å². The Hall–Kier alpha value is -1.63. The van der Waals surface area contributed by atoms with Crippen molar-refractivity contribution in [3.63, 3.8) is 0 Å². The van der Waals surface area contributed by atoms with Crippen LogP contribution in [0.3, 0.4) is 0 Å². The Bertz CT molecular complexity index is 822. The Labute approximate surface area is 142 Å². The summed E-state index contributed by atoms with van der Waals surface area (Å²) in [4.78, 5) is 5.29. The highest BCUT2D eigenvalue weighted by atomic mass is 35.5. The van der Waals surface area contributed by atoms with Crippen LogP contribution in [0.25, 0.3) is 16.2 Å². The zero-order valence-electron chi connectivity index (χ0n) is 12.4. The molecule has 0 unspecified atom stereocenters. The minimum absolute atomic E-state index is 0.145. The van der Waals surface area contributed by atoms with Gasteiger partial charge < -0.3 is 10.4 Å². The zero-order valence-corrected chi connectivity index (χ0v) is 14.0. The summed E-state index contributed by atoms with van der Waals surface area (Å²) >= 11 is 7.82. The van der Waals surface area contributed by atoms with E-state index in [4.69, 9.17) is 11.6 Å². The summed E-state index contributed by atoms with van der Waals surface area (Å²) in [5.41, 5.74) is 1.83. The van der Waals surface area contributed by atoms with E-state index in [-0.39, 0.29) is 6.10 Å². The molecule has 0 spiro atoms. The van der Waals surface area contributed by atoms with Gasteiger partial charge in [-0.05, 0) is 31.7 Å². The van der Waals surface area contributed by atoms with Crippen molar-refractivity contribution >= 4 is 33.0 Å².